The van der Waals surface area contributed by atoms with Crippen LogP contribution in [-0.4, -0.2) is 50.5 Å². The smallest absolute Gasteiger partial charge is 0.226 e. The van der Waals surface area contributed by atoms with Gasteiger partial charge < -0.3 is 9.80 Å². The second kappa shape index (κ2) is 7.64. The van der Waals surface area contributed by atoms with E-state index in [9.17, 15) is 9.59 Å². The average Bonchev–Trinajstić information content (AvgIpc) is 3.40. The molecule has 0 radical (unpaired) electrons. The van der Waals surface area contributed by atoms with Crippen molar-refractivity contribution in [1.82, 2.24) is 19.6 Å². The molecule has 2 heterocycles. The minimum absolute atomic E-state index is 0.0537. The lowest BCUT2D eigenvalue weighted by Gasteiger charge is -2.36. The highest BCUT2D eigenvalue weighted by Crippen LogP contribution is 2.31. The number of rotatable bonds is 4. The molecule has 0 bridgehead atoms. The zero-order chi connectivity index (χ0) is 19.0. The van der Waals surface area contributed by atoms with Crippen LogP contribution in [-0.2, 0) is 36.0 Å². The molecule has 1 aliphatic heterocycles. The molecule has 0 atom stereocenters. The number of nitrogens with zero attached hydrogens (tertiary/aromatic N) is 4. The van der Waals surface area contributed by atoms with Gasteiger partial charge in [-0.1, -0.05) is 12.8 Å². The summed E-state index contributed by atoms with van der Waals surface area (Å²) in [4.78, 5) is 29.1. The Balaban J connectivity index is 1.51. The van der Waals surface area contributed by atoms with Crippen LogP contribution in [0.15, 0.2) is 0 Å². The Morgan fingerprint density at radius 1 is 1.07 bits per heavy atom. The molecule has 6 nitrogen and oxygen atoms in total. The summed E-state index contributed by atoms with van der Waals surface area (Å²) in [6.07, 6.45) is 9.68. The SMILES string of the molecule is CC(=O)N1CCC(C(=O)N(Cc2nn(C)c3c2CCC3)C2CCCC2)CC1. The Kier molecular flexibility index (Phi) is 5.24. The number of amides is 2. The zero-order valence-electron chi connectivity index (χ0n) is 16.7. The van der Waals surface area contributed by atoms with Crippen molar-refractivity contribution in [2.75, 3.05) is 13.1 Å². The maximum absolute atomic E-state index is 13.5. The van der Waals surface area contributed by atoms with Crippen molar-refractivity contribution in [3.8, 4) is 0 Å². The van der Waals surface area contributed by atoms with Gasteiger partial charge >= 0.3 is 0 Å². The normalized spacial score (nSPS) is 20.9. The van der Waals surface area contributed by atoms with Crippen LogP contribution in [0.1, 0.15) is 68.8 Å². The zero-order valence-corrected chi connectivity index (χ0v) is 16.7. The lowest BCUT2D eigenvalue weighted by atomic mass is 9.94. The highest BCUT2D eigenvalue weighted by atomic mass is 16.2. The maximum atomic E-state index is 13.5. The number of aromatic nitrogens is 2. The number of piperidine rings is 1. The second-order valence-electron chi connectivity index (χ2n) is 8.53. The van der Waals surface area contributed by atoms with Crippen LogP contribution in [0, 0.1) is 5.92 Å². The predicted octanol–water partition coefficient (Wildman–Crippen LogP) is 2.44. The molecule has 0 N–H and O–H groups in total. The topological polar surface area (TPSA) is 58.4 Å². The van der Waals surface area contributed by atoms with Gasteiger partial charge in [-0.25, -0.2) is 0 Å². The summed E-state index contributed by atoms with van der Waals surface area (Å²) in [5.74, 6) is 0.470. The van der Waals surface area contributed by atoms with Crippen molar-refractivity contribution < 1.29 is 9.59 Å². The molecular weight excluding hydrogens is 340 g/mol. The highest BCUT2D eigenvalue weighted by Gasteiger charge is 2.35. The first-order chi connectivity index (χ1) is 13.0. The molecule has 2 aliphatic carbocycles. The van der Waals surface area contributed by atoms with E-state index in [4.69, 9.17) is 5.10 Å². The first-order valence-corrected chi connectivity index (χ1v) is 10.6. The molecule has 1 saturated heterocycles. The van der Waals surface area contributed by atoms with Crippen LogP contribution in [0.25, 0.3) is 0 Å². The largest absolute Gasteiger partial charge is 0.343 e. The third-order valence-corrected chi connectivity index (χ3v) is 6.86. The molecule has 0 spiro atoms. The van der Waals surface area contributed by atoms with Crippen LogP contribution in [0.5, 0.6) is 0 Å². The fraction of sp³-hybridized carbons (Fsp3) is 0.762. The summed E-state index contributed by atoms with van der Waals surface area (Å²) >= 11 is 0. The van der Waals surface area contributed by atoms with Gasteiger partial charge in [0, 0.05) is 44.7 Å². The van der Waals surface area contributed by atoms with Gasteiger partial charge in [0.25, 0.3) is 0 Å². The fourth-order valence-electron chi connectivity index (χ4n) is 5.26. The van der Waals surface area contributed by atoms with Crippen molar-refractivity contribution in [2.45, 2.75) is 77.3 Å². The van der Waals surface area contributed by atoms with E-state index in [1.807, 2.05) is 16.6 Å². The van der Waals surface area contributed by atoms with Crippen LogP contribution in [0.2, 0.25) is 0 Å². The Morgan fingerprint density at radius 3 is 2.44 bits per heavy atom. The molecule has 2 fully saturated rings. The minimum atomic E-state index is 0.0537. The summed E-state index contributed by atoms with van der Waals surface area (Å²) in [7, 11) is 2.03. The van der Waals surface area contributed by atoms with Gasteiger partial charge in [0.1, 0.15) is 0 Å². The van der Waals surface area contributed by atoms with Crippen molar-refractivity contribution in [2.24, 2.45) is 13.0 Å². The first-order valence-electron chi connectivity index (χ1n) is 10.6. The predicted molar refractivity (Wildman–Crippen MR) is 103 cm³/mol. The monoisotopic (exact) mass is 372 g/mol. The van der Waals surface area contributed by atoms with Crippen LogP contribution < -0.4 is 0 Å². The number of likely N-dealkylation sites (tertiary alicyclic amines) is 1. The average molecular weight is 373 g/mol. The van der Waals surface area contributed by atoms with Gasteiger partial charge in [0.2, 0.25) is 11.8 Å². The van der Waals surface area contributed by atoms with E-state index >= 15 is 0 Å². The number of hydrogen-bond donors (Lipinski definition) is 0. The number of fused-ring (bicyclic) bond motifs is 1. The third-order valence-electron chi connectivity index (χ3n) is 6.86. The molecule has 3 aliphatic rings. The minimum Gasteiger partial charge on any atom is -0.343 e. The van der Waals surface area contributed by atoms with E-state index in [2.05, 4.69) is 4.90 Å². The van der Waals surface area contributed by atoms with Crippen LogP contribution in [0.3, 0.4) is 0 Å². The summed E-state index contributed by atoms with van der Waals surface area (Å²) in [6.45, 7) is 3.71. The Hall–Kier alpha value is -1.85. The van der Waals surface area contributed by atoms with Gasteiger partial charge in [0.05, 0.1) is 12.2 Å². The standard InChI is InChI=1S/C21H32N4O2/c1-15(26)24-12-10-16(11-13-24)21(27)25(17-6-3-4-7-17)14-19-18-8-5-9-20(18)23(2)22-19/h16-17H,3-14H2,1-2H3. The van der Waals surface area contributed by atoms with E-state index < -0.39 is 0 Å². The number of hydrogen-bond acceptors (Lipinski definition) is 3. The molecule has 27 heavy (non-hydrogen) atoms. The van der Waals surface area contributed by atoms with Gasteiger partial charge in [-0.15, -0.1) is 0 Å². The number of carbonyl (C=O) groups excluding carboxylic acids is 2. The molecule has 1 aromatic rings. The molecule has 148 valence electrons. The molecule has 0 unspecified atom stereocenters. The second-order valence-corrected chi connectivity index (χ2v) is 8.53. The molecular formula is C21H32N4O2. The third kappa shape index (κ3) is 3.63. The Morgan fingerprint density at radius 2 is 1.78 bits per heavy atom. The lowest BCUT2D eigenvalue weighted by molar-refractivity contribution is -0.142. The molecule has 2 amide bonds. The molecule has 0 aromatic carbocycles. The molecule has 1 aromatic heterocycles. The van der Waals surface area contributed by atoms with Crippen molar-refractivity contribution >= 4 is 11.8 Å². The van der Waals surface area contributed by atoms with Crippen molar-refractivity contribution in [3.63, 3.8) is 0 Å². The van der Waals surface area contributed by atoms with E-state index in [0.717, 1.165) is 44.2 Å². The maximum Gasteiger partial charge on any atom is 0.226 e. The van der Waals surface area contributed by atoms with Gasteiger partial charge in [-0.05, 0) is 50.5 Å². The van der Waals surface area contributed by atoms with Crippen molar-refractivity contribution in [3.05, 3.63) is 17.0 Å². The highest BCUT2D eigenvalue weighted by molar-refractivity contribution is 5.80. The Bertz CT molecular complexity index is 712. The van der Waals surface area contributed by atoms with Gasteiger partial charge in [-0.3, -0.25) is 14.3 Å². The van der Waals surface area contributed by atoms with E-state index in [-0.39, 0.29) is 11.8 Å². The van der Waals surface area contributed by atoms with Crippen LogP contribution in [0.4, 0.5) is 0 Å². The fourth-order valence-corrected chi connectivity index (χ4v) is 5.26. The molecule has 6 heteroatoms. The first kappa shape index (κ1) is 18.5. The lowest BCUT2D eigenvalue weighted by Crippen LogP contribution is -2.46. The van der Waals surface area contributed by atoms with E-state index in [0.29, 0.717) is 31.6 Å². The summed E-state index contributed by atoms with van der Waals surface area (Å²) in [5, 5.41) is 4.78. The van der Waals surface area contributed by atoms with E-state index in [1.54, 1.807) is 6.92 Å². The molecule has 4 rings (SSSR count). The van der Waals surface area contributed by atoms with Crippen molar-refractivity contribution in [1.29, 1.82) is 0 Å². The molecule has 1 saturated carbocycles. The van der Waals surface area contributed by atoms with E-state index in [1.165, 1.54) is 30.5 Å². The summed E-state index contributed by atoms with van der Waals surface area (Å²) in [5.41, 5.74) is 3.87. The summed E-state index contributed by atoms with van der Waals surface area (Å²) < 4.78 is 2.03. The number of carbonyl (C=O) groups is 2. The Labute approximate surface area is 161 Å². The van der Waals surface area contributed by atoms with Gasteiger partial charge in [-0.2, -0.15) is 5.10 Å². The summed E-state index contributed by atoms with van der Waals surface area (Å²) in [6, 6.07) is 0.363. The quantitative estimate of drug-likeness (QED) is 0.816. The van der Waals surface area contributed by atoms with Gasteiger partial charge in [0.15, 0.2) is 0 Å². The number of aryl methyl sites for hydroxylation is 1. The van der Waals surface area contributed by atoms with Crippen LogP contribution >= 0.6 is 0 Å².